The van der Waals surface area contributed by atoms with Gasteiger partial charge in [0, 0.05) is 26.6 Å². The highest BCUT2D eigenvalue weighted by atomic mass is 32.2. The summed E-state index contributed by atoms with van der Waals surface area (Å²) in [4.78, 5) is 11.9. The molecule has 1 aromatic rings. The van der Waals surface area contributed by atoms with Crippen LogP contribution in [0.2, 0.25) is 0 Å². The number of nitrogens with one attached hydrogen (secondary N) is 1. The van der Waals surface area contributed by atoms with Crippen LogP contribution in [0.3, 0.4) is 0 Å². The first-order valence-electron chi connectivity index (χ1n) is 8.53. The number of amides is 1. The minimum atomic E-state index is -2.88. The largest absolute Gasteiger partial charge is 0.376 e. The molecule has 1 N–H and O–H groups in total. The standard InChI is InChI=1S/C15H24N4O4S2/c1-19-13(7-11-4-6-25(21,22)10-11)17-18-15(19)24-9-14(20)16-8-12-3-2-5-23-12/h11-12H,2-10H2,1H3,(H,16,20)/t11-,12+/m0/s1. The number of nitrogens with zero attached hydrogens (tertiary/aromatic N) is 3. The average molecular weight is 389 g/mol. The molecule has 0 radical (unpaired) electrons. The van der Waals surface area contributed by atoms with E-state index in [0.29, 0.717) is 24.5 Å². The second-order valence-corrected chi connectivity index (χ2v) is 9.83. The molecule has 0 aliphatic carbocycles. The zero-order valence-electron chi connectivity index (χ0n) is 14.3. The highest BCUT2D eigenvalue weighted by Crippen LogP contribution is 2.23. The van der Waals surface area contributed by atoms with Crippen LogP contribution in [0.4, 0.5) is 0 Å². The maximum Gasteiger partial charge on any atom is 0.230 e. The maximum absolute atomic E-state index is 11.9. The lowest BCUT2D eigenvalue weighted by Gasteiger charge is -2.10. The molecular weight excluding hydrogens is 364 g/mol. The molecule has 1 aromatic heterocycles. The van der Waals surface area contributed by atoms with Gasteiger partial charge in [-0.05, 0) is 25.2 Å². The Balaban J connectivity index is 1.45. The zero-order valence-corrected chi connectivity index (χ0v) is 15.9. The summed E-state index contributed by atoms with van der Waals surface area (Å²) < 4.78 is 30.4. The van der Waals surface area contributed by atoms with Crippen LogP contribution in [0.25, 0.3) is 0 Å². The van der Waals surface area contributed by atoms with Gasteiger partial charge in [-0.3, -0.25) is 4.79 Å². The van der Waals surface area contributed by atoms with Crippen LogP contribution < -0.4 is 5.32 Å². The second-order valence-electron chi connectivity index (χ2n) is 6.66. The Hall–Kier alpha value is -1.13. The first-order valence-corrected chi connectivity index (χ1v) is 11.3. The van der Waals surface area contributed by atoms with Gasteiger partial charge < -0.3 is 14.6 Å². The Bertz CT molecular complexity index is 713. The molecule has 2 aliphatic heterocycles. The molecule has 2 atom stereocenters. The second kappa shape index (κ2) is 8.05. The van der Waals surface area contributed by atoms with Crippen molar-refractivity contribution in [3.8, 4) is 0 Å². The molecule has 140 valence electrons. The molecule has 1 amide bonds. The summed E-state index contributed by atoms with van der Waals surface area (Å²) >= 11 is 1.33. The van der Waals surface area contributed by atoms with Gasteiger partial charge in [0.25, 0.3) is 0 Å². The molecule has 0 bridgehead atoms. The van der Waals surface area contributed by atoms with Gasteiger partial charge in [-0.15, -0.1) is 10.2 Å². The Morgan fingerprint density at radius 2 is 2.24 bits per heavy atom. The molecule has 25 heavy (non-hydrogen) atoms. The van der Waals surface area contributed by atoms with E-state index in [9.17, 15) is 13.2 Å². The van der Waals surface area contributed by atoms with Gasteiger partial charge in [0.15, 0.2) is 15.0 Å². The fourth-order valence-corrected chi connectivity index (χ4v) is 5.78. The zero-order chi connectivity index (χ0) is 17.9. The van der Waals surface area contributed by atoms with Crippen molar-refractivity contribution < 1.29 is 17.9 Å². The highest BCUT2D eigenvalue weighted by molar-refractivity contribution is 7.99. The van der Waals surface area contributed by atoms with Gasteiger partial charge in [0.1, 0.15) is 5.82 Å². The van der Waals surface area contributed by atoms with E-state index in [1.807, 2.05) is 11.6 Å². The number of sulfone groups is 1. The van der Waals surface area contributed by atoms with E-state index in [4.69, 9.17) is 4.74 Å². The van der Waals surface area contributed by atoms with Crippen LogP contribution in [0.1, 0.15) is 25.1 Å². The molecule has 2 saturated heterocycles. The SMILES string of the molecule is Cn1c(C[C@@H]2CCS(=O)(=O)C2)nnc1SCC(=O)NC[C@H]1CCCO1. The smallest absolute Gasteiger partial charge is 0.230 e. The fourth-order valence-electron chi connectivity index (χ4n) is 3.15. The molecule has 3 rings (SSSR count). The number of ether oxygens (including phenoxy) is 1. The van der Waals surface area contributed by atoms with Crippen molar-refractivity contribution >= 4 is 27.5 Å². The minimum absolute atomic E-state index is 0.0491. The first-order chi connectivity index (χ1) is 11.9. The van der Waals surface area contributed by atoms with Crippen molar-refractivity contribution in [3.05, 3.63) is 5.82 Å². The summed E-state index contributed by atoms with van der Waals surface area (Å²) in [6.45, 7) is 1.33. The van der Waals surface area contributed by atoms with Gasteiger partial charge in [-0.25, -0.2) is 8.42 Å². The number of carbonyl (C=O) groups is 1. The van der Waals surface area contributed by atoms with Gasteiger partial charge in [0.05, 0.1) is 23.4 Å². The molecule has 0 unspecified atom stereocenters. The summed E-state index contributed by atoms with van der Waals surface area (Å²) in [6.07, 6.45) is 3.48. The van der Waals surface area contributed by atoms with Crippen molar-refractivity contribution in [1.82, 2.24) is 20.1 Å². The van der Waals surface area contributed by atoms with E-state index in [2.05, 4.69) is 15.5 Å². The maximum atomic E-state index is 11.9. The normalized spacial score (nSPS) is 25.3. The van der Waals surface area contributed by atoms with E-state index in [1.165, 1.54) is 11.8 Å². The lowest BCUT2D eigenvalue weighted by molar-refractivity contribution is -0.119. The monoisotopic (exact) mass is 388 g/mol. The highest BCUT2D eigenvalue weighted by Gasteiger charge is 2.29. The number of carbonyl (C=O) groups excluding carboxylic acids is 1. The van der Waals surface area contributed by atoms with E-state index in [-0.39, 0.29) is 35.2 Å². The molecule has 0 spiro atoms. The summed E-state index contributed by atoms with van der Waals surface area (Å²) in [5.74, 6) is 1.60. The van der Waals surface area contributed by atoms with Crippen molar-refractivity contribution in [2.75, 3.05) is 30.4 Å². The number of hydrogen-bond donors (Lipinski definition) is 1. The third kappa shape index (κ3) is 5.18. The van der Waals surface area contributed by atoms with Gasteiger partial charge in [-0.1, -0.05) is 11.8 Å². The molecule has 2 aliphatic rings. The van der Waals surface area contributed by atoms with Crippen molar-refractivity contribution in [2.45, 2.75) is 36.9 Å². The molecular formula is C15H24N4O4S2. The Kier molecular flexibility index (Phi) is 6.00. The van der Waals surface area contributed by atoms with Crippen LogP contribution in [0.5, 0.6) is 0 Å². The number of aromatic nitrogens is 3. The summed E-state index contributed by atoms with van der Waals surface area (Å²) in [5, 5.41) is 11.8. The molecule has 3 heterocycles. The predicted molar refractivity (Wildman–Crippen MR) is 94.2 cm³/mol. The molecule has 10 heteroatoms. The topological polar surface area (TPSA) is 103 Å². The number of thioether (sulfide) groups is 1. The number of rotatable bonds is 7. The molecule has 2 fully saturated rings. The van der Waals surface area contributed by atoms with Crippen molar-refractivity contribution in [3.63, 3.8) is 0 Å². The quantitative estimate of drug-likeness (QED) is 0.665. The summed E-state index contributed by atoms with van der Waals surface area (Å²) in [5.41, 5.74) is 0. The molecule has 0 saturated carbocycles. The van der Waals surface area contributed by atoms with Crippen molar-refractivity contribution in [2.24, 2.45) is 13.0 Å². The number of hydrogen-bond acceptors (Lipinski definition) is 7. The van der Waals surface area contributed by atoms with E-state index in [0.717, 1.165) is 25.3 Å². The summed E-state index contributed by atoms with van der Waals surface area (Å²) in [7, 11) is -1.03. The van der Waals surface area contributed by atoms with Crippen LogP contribution in [0, 0.1) is 5.92 Å². The molecule has 0 aromatic carbocycles. The minimum Gasteiger partial charge on any atom is -0.376 e. The first kappa shape index (κ1) is 18.7. The fraction of sp³-hybridized carbons (Fsp3) is 0.800. The Morgan fingerprint density at radius 3 is 2.92 bits per heavy atom. The lowest BCUT2D eigenvalue weighted by Crippen LogP contribution is -2.32. The Labute approximate surface area is 152 Å². The van der Waals surface area contributed by atoms with Gasteiger partial charge >= 0.3 is 0 Å². The van der Waals surface area contributed by atoms with Crippen LogP contribution in [-0.4, -0.2) is 65.6 Å². The third-order valence-electron chi connectivity index (χ3n) is 4.61. The van der Waals surface area contributed by atoms with Crippen LogP contribution >= 0.6 is 11.8 Å². The van der Waals surface area contributed by atoms with E-state index in [1.54, 1.807) is 0 Å². The lowest BCUT2D eigenvalue weighted by atomic mass is 10.1. The predicted octanol–water partition coefficient (Wildman–Crippen LogP) is 0.180. The van der Waals surface area contributed by atoms with Crippen LogP contribution in [-0.2, 0) is 32.8 Å². The van der Waals surface area contributed by atoms with E-state index >= 15 is 0 Å². The Morgan fingerprint density at radius 1 is 1.40 bits per heavy atom. The van der Waals surface area contributed by atoms with Gasteiger partial charge in [0.2, 0.25) is 5.91 Å². The van der Waals surface area contributed by atoms with Gasteiger partial charge in [-0.2, -0.15) is 0 Å². The molecule has 8 nitrogen and oxygen atoms in total. The van der Waals surface area contributed by atoms with Crippen molar-refractivity contribution in [1.29, 1.82) is 0 Å². The average Bonchev–Trinajstić information content (AvgIpc) is 3.27. The van der Waals surface area contributed by atoms with E-state index < -0.39 is 9.84 Å². The summed E-state index contributed by atoms with van der Waals surface area (Å²) in [6, 6.07) is 0. The van der Waals surface area contributed by atoms with Crippen LogP contribution in [0.15, 0.2) is 5.16 Å². The third-order valence-corrected chi connectivity index (χ3v) is 7.46.